The van der Waals surface area contributed by atoms with E-state index in [1.807, 2.05) is 48.7 Å². The Morgan fingerprint density at radius 3 is 2.44 bits per heavy atom. The van der Waals surface area contributed by atoms with E-state index in [1.54, 1.807) is 0 Å². The number of thiophene rings is 1. The minimum absolute atomic E-state index is 0.0346. The Morgan fingerprint density at radius 1 is 1.03 bits per heavy atom. The predicted molar refractivity (Wildman–Crippen MR) is 123 cm³/mol. The number of rotatable bonds is 8. The lowest BCUT2D eigenvalue weighted by atomic mass is 10.1. The van der Waals surface area contributed by atoms with E-state index in [0.717, 1.165) is 28.1 Å². The summed E-state index contributed by atoms with van der Waals surface area (Å²) in [5, 5.41) is 8.45. The fourth-order valence-corrected chi connectivity index (χ4v) is 4.03. The molecule has 0 bridgehead atoms. The lowest BCUT2D eigenvalue weighted by Gasteiger charge is -2.21. The summed E-state index contributed by atoms with van der Waals surface area (Å²) >= 11 is 1.44. The molecule has 0 aliphatic carbocycles. The van der Waals surface area contributed by atoms with Crippen molar-refractivity contribution in [3.05, 3.63) is 111 Å². The fraction of sp³-hybridized carbons (Fsp3) is 0.160. The summed E-state index contributed by atoms with van der Waals surface area (Å²) in [6.45, 7) is 2.48. The summed E-state index contributed by atoms with van der Waals surface area (Å²) in [6, 6.07) is 15.6. The molecule has 0 aliphatic rings. The first kappa shape index (κ1) is 23.3. The van der Waals surface area contributed by atoms with Gasteiger partial charge in [-0.25, -0.2) is 8.78 Å². The van der Waals surface area contributed by atoms with E-state index in [0.29, 0.717) is 12.6 Å². The summed E-state index contributed by atoms with van der Waals surface area (Å²) in [4.78, 5) is 27.8. The first-order valence-corrected chi connectivity index (χ1v) is 11.3. The van der Waals surface area contributed by atoms with Crippen LogP contribution in [0.4, 0.5) is 8.78 Å². The Hall–Kier alpha value is -3.85. The molecule has 2 aromatic heterocycles. The number of aryl methyl sites for hydroxylation is 1. The van der Waals surface area contributed by atoms with Crippen LogP contribution < -0.4 is 5.32 Å². The van der Waals surface area contributed by atoms with E-state index in [1.165, 1.54) is 22.3 Å². The monoisotopic (exact) mass is 481 g/mol. The number of amides is 2. The molecule has 34 heavy (non-hydrogen) atoms. The second kappa shape index (κ2) is 10.4. The number of halogens is 2. The quantitative estimate of drug-likeness (QED) is 0.380. The first-order chi connectivity index (χ1) is 16.4. The van der Waals surface area contributed by atoms with Crippen LogP contribution in [0.5, 0.6) is 0 Å². The van der Waals surface area contributed by atoms with E-state index < -0.39 is 23.4 Å². The van der Waals surface area contributed by atoms with E-state index in [2.05, 4.69) is 10.5 Å². The molecular formula is C25H21F2N3O3S. The van der Waals surface area contributed by atoms with Crippen LogP contribution in [0, 0.1) is 18.6 Å². The molecule has 0 aliphatic heterocycles. The van der Waals surface area contributed by atoms with E-state index in [4.69, 9.17) is 4.52 Å². The van der Waals surface area contributed by atoms with Crippen molar-refractivity contribution in [2.45, 2.75) is 26.6 Å². The maximum atomic E-state index is 13.7. The van der Waals surface area contributed by atoms with Crippen LogP contribution in [-0.4, -0.2) is 21.9 Å². The van der Waals surface area contributed by atoms with Crippen LogP contribution in [0.25, 0.3) is 0 Å². The van der Waals surface area contributed by atoms with Gasteiger partial charge in [-0.2, -0.15) is 0 Å². The molecule has 4 rings (SSSR count). The Labute approximate surface area is 198 Å². The Kier molecular flexibility index (Phi) is 7.12. The summed E-state index contributed by atoms with van der Waals surface area (Å²) in [7, 11) is 0. The van der Waals surface area contributed by atoms with Gasteiger partial charge in [0, 0.05) is 29.1 Å². The highest BCUT2D eigenvalue weighted by molar-refractivity contribution is 7.09. The smallest absolute Gasteiger partial charge is 0.273 e. The van der Waals surface area contributed by atoms with E-state index in [-0.39, 0.29) is 30.1 Å². The highest BCUT2D eigenvalue weighted by atomic mass is 32.1. The summed E-state index contributed by atoms with van der Waals surface area (Å²) < 4.78 is 32.7. The number of hydrogen-bond acceptors (Lipinski definition) is 5. The van der Waals surface area contributed by atoms with Crippen molar-refractivity contribution in [1.82, 2.24) is 15.4 Å². The molecule has 174 valence electrons. The molecule has 0 saturated carbocycles. The second-order valence-electron chi connectivity index (χ2n) is 7.75. The molecule has 0 atom stereocenters. The molecule has 4 aromatic rings. The molecule has 0 unspecified atom stereocenters. The van der Waals surface area contributed by atoms with E-state index >= 15 is 0 Å². The van der Waals surface area contributed by atoms with Crippen LogP contribution in [0.1, 0.15) is 42.6 Å². The SMILES string of the molecule is Cc1ccc(CNC(=O)c2cc(CN(Cc3cccs3)C(=O)c3cc(F)cc(F)c3)on2)cc1. The maximum absolute atomic E-state index is 13.7. The third-order valence-corrected chi connectivity index (χ3v) is 5.90. The van der Waals surface area contributed by atoms with Crippen LogP contribution in [-0.2, 0) is 19.6 Å². The fourth-order valence-electron chi connectivity index (χ4n) is 3.31. The number of carbonyl (C=O) groups excluding carboxylic acids is 2. The van der Waals surface area contributed by atoms with Gasteiger partial charge in [0.2, 0.25) is 0 Å². The maximum Gasteiger partial charge on any atom is 0.273 e. The van der Waals surface area contributed by atoms with Crippen LogP contribution >= 0.6 is 11.3 Å². The molecule has 0 spiro atoms. The van der Waals surface area contributed by atoms with Gasteiger partial charge in [0.25, 0.3) is 11.8 Å². The molecular weight excluding hydrogens is 460 g/mol. The summed E-state index contributed by atoms with van der Waals surface area (Å²) in [6.07, 6.45) is 0. The molecule has 9 heteroatoms. The molecule has 0 fully saturated rings. The van der Waals surface area contributed by atoms with Crippen molar-refractivity contribution in [3.63, 3.8) is 0 Å². The third kappa shape index (κ3) is 5.93. The van der Waals surface area contributed by atoms with Crippen LogP contribution in [0.2, 0.25) is 0 Å². The standard InChI is InChI=1S/C25H21F2N3O3S/c1-16-4-6-17(7-5-16)13-28-24(31)23-12-21(33-29-23)14-30(15-22-3-2-8-34-22)25(32)18-9-19(26)11-20(27)10-18/h2-12H,13-15H2,1H3,(H,28,31). The van der Waals surface area contributed by atoms with Crippen molar-refractivity contribution in [2.24, 2.45) is 0 Å². The number of aromatic nitrogens is 1. The van der Waals surface area contributed by atoms with Gasteiger partial charge in [-0.15, -0.1) is 11.3 Å². The second-order valence-corrected chi connectivity index (χ2v) is 8.78. The van der Waals surface area contributed by atoms with Crippen molar-refractivity contribution in [3.8, 4) is 0 Å². The Morgan fingerprint density at radius 2 is 1.76 bits per heavy atom. The largest absolute Gasteiger partial charge is 0.359 e. The number of nitrogens with zero attached hydrogens (tertiary/aromatic N) is 2. The zero-order chi connectivity index (χ0) is 24.1. The van der Waals surface area contributed by atoms with Crippen LogP contribution in [0.3, 0.4) is 0 Å². The van der Waals surface area contributed by atoms with Crippen molar-refractivity contribution in [1.29, 1.82) is 0 Å². The highest BCUT2D eigenvalue weighted by Crippen LogP contribution is 2.19. The highest BCUT2D eigenvalue weighted by Gasteiger charge is 2.22. The minimum Gasteiger partial charge on any atom is -0.359 e. The molecule has 0 saturated heterocycles. The molecule has 1 N–H and O–H groups in total. The Balaban J connectivity index is 1.47. The van der Waals surface area contributed by atoms with Gasteiger partial charge in [-0.3, -0.25) is 9.59 Å². The van der Waals surface area contributed by atoms with Gasteiger partial charge in [0.1, 0.15) is 11.6 Å². The molecule has 0 radical (unpaired) electrons. The van der Waals surface area contributed by atoms with Crippen molar-refractivity contribution in [2.75, 3.05) is 0 Å². The first-order valence-electron chi connectivity index (χ1n) is 10.4. The van der Waals surface area contributed by atoms with Gasteiger partial charge >= 0.3 is 0 Å². The Bertz CT molecular complexity index is 1270. The number of nitrogens with one attached hydrogen (secondary N) is 1. The average Bonchev–Trinajstić information content (AvgIpc) is 3.49. The van der Waals surface area contributed by atoms with Gasteiger partial charge in [0.05, 0.1) is 13.1 Å². The number of hydrogen-bond donors (Lipinski definition) is 1. The lowest BCUT2D eigenvalue weighted by molar-refractivity contribution is 0.0713. The lowest BCUT2D eigenvalue weighted by Crippen LogP contribution is -2.30. The third-order valence-electron chi connectivity index (χ3n) is 5.04. The van der Waals surface area contributed by atoms with Gasteiger partial charge in [-0.1, -0.05) is 41.1 Å². The zero-order valence-electron chi connectivity index (χ0n) is 18.3. The van der Waals surface area contributed by atoms with E-state index in [9.17, 15) is 18.4 Å². The normalized spacial score (nSPS) is 10.8. The summed E-state index contributed by atoms with van der Waals surface area (Å²) in [5.41, 5.74) is 2.02. The summed E-state index contributed by atoms with van der Waals surface area (Å²) in [5.74, 6) is -2.41. The van der Waals surface area contributed by atoms with Crippen molar-refractivity contribution < 1.29 is 22.9 Å². The predicted octanol–water partition coefficient (Wildman–Crippen LogP) is 5.10. The number of carbonyl (C=O) groups is 2. The van der Waals surface area contributed by atoms with Crippen LogP contribution in [0.15, 0.2) is 70.6 Å². The minimum atomic E-state index is -0.841. The zero-order valence-corrected chi connectivity index (χ0v) is 19.1. The molecule has 6 nitrogen and oxygen atoms in total. The van der Waals surface area contributed by atoms with Crippen molar-refractivity contribution >= 4 is 23.2 Å². The van der Waals surface area contributed by atoms with Gasteiger partial charge < -0.3 is 14.7 Å². The molecule has 2 amide bonds. The molecule has 2 aromatic carbocycles. The van der Waals surface area contributed by atoms with Gasteiger partial charge in [0.15, 0.2) is 11.5 Å². The number of benzene rings is 2. The average molecular weight is 482 g/mol. The molecule has 2 heterocycles. The topological polar surface area (TPSA) is 75.4 Å². The van der Waals surface area contributed by atoms with Gasteiger partial charge in [-0.05, 0) is 36.1 Å².